The first-order valence-electron chi connectivity index (χ1n) is 9.21. The van der Waals surface area contributed by atoms with Crippen LogP contribution in [0.15, 0.2) is 67.3 Å². The minimum absolute atomic E-state index is 0.0577. The summed E-state index contributed by atoms with van der Waals surface area (Å²) in [7, 11) is 0. The van der Waals surface area contributed by atoms with Gasteiger partial charge >= 0.3 is 0 Å². The fourth-order valence-electron chi connectivity index (χ4n) is 4.26. The van der Waals surface area contributed by atoms with Crippen molar-refractivity contribution in [3.8, 4) is 0 Å². The topological polar surface area (TPSA) is 41.1 Å². The van der Waals surface area contributed by atoms with Crippen LogP contribution in [-0.2, 0) is 0 Å². The molecule has 3 nitrogen and oxygen atoms in total. The number of anilines is 1. The number of amides is 1. The maximum absolute atomic E-state index is 12.6. The summed E-state index contributed by atoms with van der Waals surface area (Å²) in [5.41, 5.74) is 5.44. The van der Waals surface area contributed by atoms with Crippen molar-refractivity contribution in [1.29, 1.82) is 0 Å². The third-order valence-electron chi connectivity index (χ3n) is 5.45. The van der Waals surface area contributed by atoms with Gasteiger partial charge < -0.3 is 10.6 Å². The van der Waals surface area contributed by atoms with Crippen LogP contribution in [0, 0.1) is 12.8 Å². The Morgan fingerprint density at radius 2 is 2.15 bits per heavy atom. The van der Waals surface area contributed by atoms with Crippen molar-refractivity contribution < 1.29 is 4.79 Å². The highest BCUT2D eigenvalue weighted by molar-refractivity contribution is 6.00. The summed E-state index contributed by atoms with van der Waals surface area (Å²) in [4.78, 5) is 12.6. The molecule has 0 radical (unpaired) electrons. The van der Waals surface area contributed by atoms with Gasteiger partial charge in [-0.2, -0.15) is 0 Å². The molecule has 1 aliphatic carbocycles. The largest absolute Gasteiger partial charge is 0.377 e. The quantitative estimate of drug-likeness (QED) is 0.787. The molecule has 0 spiro atoms. The van der Waals surface area contributed by atoms with Crippen molar-refractivity contribution >= 4 is 11.6 Å². The second-order valence-electron chi connectivity index (χ2n) is 7.16. The molecule has 2 aromatic carbocycles. The van der Waals surface area contributed by atoms with E-state index in [9.17, 15) is 4.79 Å². The molecule has 1 aliphatic heterocycles. The predicted octanol–water partition coefficient (Wildman–Crippen LogP) is 4.74. The van der Waals surface area contributed by atoms with Crippen molar-refractivity contribution in [2.75, 3.05) is 11.9 Å². The predicted molar refractivity (Wildman–Crippen MR) is 107 cm³/mol. The minimum atomic E-state index is -0.0577. The molecule has 1 heterocycles. The lowest BCUT2D eigenvalue weighted by Crippen LogP contribution is -2.32. The molecule has 26 heavy (non-hydrogen) atoms. The van der Waals surface area contributed by atoms with Crippen LogP contribution in [0.5, 0.6) is 0 Å². The number of fused-ring (bicyclic) bond motifs is 3. The first kappa shape index (κ1) is 16.6. The summed E-state index contributed by atoms with van der Waals surface area (Å²) in [6, 6.07) is 14.9. The van der Waals surface area contributed by atoms with E-state index < -0.39 is 0 Å². The molecule has 3 unspecified atom stereocenters. The number of allylic oxidation sites excluding steroid dienone is 2. The summed E-state index contributed by atoms with van der Waals surface area (Å²) < 4.78 is 0. The zero-order valence-electron chi connectivity index (χ0n) is 15.0. The fraction of sp³-hybridized carbons (Fsp3) is 0.261. The standard InChI is InChI=1S/C23H24N2O/c1-3-13-24-23(26)20-12-6-11-19-17-9-5-10-18(17)21(25-22(19)20)16-8-4-7-15(2)14-16/h3-9,11-12,14,17-18,21,25H,1,10,13H2,2H3,(H,24,26). The van der Waals surface area contributed by atoms with Gasteiger partial charge in [0.15, 0.2) is 0 Å². The summed E-state index contributed by atoms with van der Waals surface area (Å²) >= 11 is 0. The summed E-state index contributed by atoms with van der Waals surface area (Å²) in [5, 5.41) is 6.62. The second-order valence-corrected chi connectivity index (χ2v) is 7.16. The number of para-hydroxylation sites is 1. The van der Waals surface area contributed by atoms with E-state index in [0.717, 1.165) is 12.1 Å². The number of hydrogen-bond acceptors (Lipinski definition) is 2. The average molecular weight is 344 g/mol. The van der Waals surface area contributed by atoms with Crippen LogP contribution >= 0.6 is 0 Å². The van der Waals surface area contributed by atoms with Crippen LogP contribution in [-0.4, -0.2) is 12.5 Å². The highest BCUT2D eigenvalue weighted by Gasteiger charge is 2.39. The van der Waals surface area contributed by atoms with Crippen LogP contribution in [0.1, 0.15) is 45.4 Å². The lowest BCUT2D eigenvalue weighted by Gasteiger charge is -2.38. The van der Waals surface area contributed by atoms with Gasteiger partial charge in [0.2, 0.25) is 0 Å². The first-order valence-corrected chi connectivity index (χ1v) is 9.21. The van der Waals surface area contributed by atoms with E-state index in [2.05, 4.69) is 66.6 Å². The highest BCUT2D eigenvalue weighted by atomic mass is 16.1. The van der Waals surface area contributed by atoms with Gasteiger partial charge in [0.05, 0.1) is 17.3 Å². The third kappa shape index (κ3) is 2.84. The maximum Gasteiger partial charge on any atom is 0.253 e. The average Bonchev–Trinajstić information content (AvgIpc) is 3.15. The molecule has 1 amide bonds. The maximum atomic E-state index is 12.6. The Morgan fingerprint density at radius 1 is 1.31 bits per heavy atom. The van der Waals surface area contributed by atoms with Crippen molar-refractivity contribution in [3.05, 3.63) is 89.5 Å². The van der Waals surface area contributed by atoms with Gasteiger partial charge in [-0.05, 0) is 36.5 Å². The number of hydrogen-bond donors (Lipinski definition) is 2. The first-order chi connectivity index (χ1) is 12.7. The van der Waals surface area contributed by atoms with Gasteiger partial charge in [-0.3, -0.25) is 4.79 Å². The van der Waals surface area contributed by atoms with Crippen molar-refractivity contribution in [1.82, 2.24) is 5.32 Å². The Hall–Kier alpha value is -2.81. The van der Waals surface area contributed by atoms with E-state index in [1.54, 1.807) is 6.08 Å². The molecule has 0 saturated heterocycles. The zero-order chi connectivity index (χ0) is 18.1. The van der Waals surface area contributed by atoms with Gasteiger partial charge in [0, 0.05) is 12.5 Å². The molecule has 2 aliphatic rings. The lowest BCUT2D eigenvalue weighted by molar-refractivity contribution is 0.0958. The SMILES string of the molecule is C=CCNC(=O)c1cccc2c1NC(c1cccc(C)c1)C1CC=CC21. The molecule has 2 aromatic rings. The zero-order valence-corrected chi connectivity index (χ0v) is 15.0. The smallest absolute Gasteiger partial charge is 0.253 e. The van der Waals surface area contributed by atoms with E-state index in [1.165, 1.54) is 16.7 Å². The summed E-state index contributed by atoms with van der Waals surface area (Å²) in [5.74, 6) is 0.775. The van der Waals surface area contributed by atoms with Crippen LogP contribution in [0.3, 0.4) is 0 Å². The van der Waals surface area contributed by atoms with E-state index >= 15 is 0 Å². The minimum Gasteiger partial charge on any atom is -0.377 e. The van der Waals surface area contributed by atoms with E-state index in [1.807, 2.05) is 12.1 Å². The molecule has 4 rings (SSSR count). The van der Waals surface area contributed by atoms with Gasteiger partial charge in [-0.15, -0.1) is 6.58 Å². The molecular weight excluding hydrogens is 320 g/mol. The number of carbonyl (C=O) groups is 1. The van der Waals surface area contributed by atoms with Crippen LogP contribution < -0.4 is 10.6 Å². The number of nitrogens with one attached hydrogen (secondary N) is 2. The van der Waals surface area contributed by atoms with Gasteiger partial charge in [-0.25, -0.2) is 0 Å². The van der Waals surface area contributed by atoms with Crippen LogP contribution in [0.4, 0.5) is 5.69 Å². The molecule has 0 fully saturated rings. The van der Waals surface area contributed by atoms with Gasteiger partial charge in [-0.1, -0.05) is 60.2 Å². The summed E-state index contributed by atoms with van der Waals surface area (Å²) in [6.07, 6.45) is 7.34. The molecule has 3 atom stereocenters. The summed E-state index contributed by atoms with van der Waals surface area (Å²) in [6.45, 7) is 6.27. The van der Waals surface area contributed by atoms with Crippen LogP contribution in [0.25, 0.3) is 0 Å². The molecule has 0 bridgehead atoms. The Balaban J connectivity index is 1.77. The Bertz CT molecular complexity index is 884. The molecular formula is C23H24N2O. The Labute approximate surface area is 154 Å². The number of rotatable bonds is 4. The number of aryl methyl sites for hydroxylation is 1. The third-order valence-corrected chi connectivity index (χ3v) is 5.45. The monoisotopic (exact) mass is 344 g/mol. The lowest BCUT2D eigenvalue weighted by atomic mass is 9.76. The van der Waals surface area contributed by atoms with E-state index in [-0.39, 0.29) is 11.9 Å². The van der Waals surface area contributed by atoms with Crippen molar-refractivity contribution in [2.24, 2.45) is 5.92 Å². The Morgan fingerprint density at radius 3 is 2.96 bits per heavy atom. The van der Waals surface area contributed by atoms with Gasteiger partial charge in [0.1, 0.15) is 0 Å². The molecule has 3 heteroatoms. The second kappa shape index (κ2) is 6.83. The number of benzene rings is 2. The molecule has 132 valence electrons. The van der Waals surface area contributed by atoms with Gasteiger partial charge in [0.25, 0.3) is 5.91 Å². The van der Waals surface area contributed by atoms with Crippen LogP contribution in [0.2, 0.25) is 0 Å². The highest BCUT2D eigenvalue weighted by Crippen LogP contribution is 2.50. The molecule has 0 aromatic heterocycles. The van der Waals surface area contributed by atoms with E-state index in [0.29, 0.717) is 23.9 Å². The van der Waals surface area contributed by atoms with Crippen molar-refractivity contribution in [3.63, 3.8) is 0 Å². The normalized spacial score (nSPS) is 22.9. The van der Waals surface area contributed by atoms with Crippen molar-refractivity contribution in [2.45, 2.75) is 25.3 Å². The van der Waals surface area contributed by atoms with E-state index in [4.69, 9.17) is 0 Å². The Kier molecular flexibility index (Phi) is 4.37. The number of carbonyl (C=O) groups excluding carboxylic acids is 1. The molecule has 2 N–H and O–H groups in total. The fourth-order valence-corrected chi connectivity index (χ4v) is 4.26. The molecule has 0 saturated carbocycles.